The Balaban J connectivity index is 3.13. The first kappa shape index (κ1) is 28.7. The van der Waals surface area contributed by atoms with Crippen molar-refractivity contribution in [3.8, 4) is 5.75 Å². The van der Waals surface area contributed by atoms with Crippen LogP contribution in [0.2, 0.25) is 0 Å². The van der Waals surface area contributed by atoms with Crippen molar-refractivity contribution in [2.45, 2.75) is 58.7 Å². The van der Waals surface area contributed by atoms with E-state index < -0.39 is 48.2 Å². The van der Waals surface area contributed by atoms with Gasteiger partial charge in [0.25, 0.3) is 0 Å². The SMILES string of the molecule is CCOC(=O)CCNC(=O)C(c1ccc(O)cc1)N(CCO)C(=O)C(C)NC(=O)OC(C)(C)C. The number of carbonyl (C=O) groups excluding carboxylic acids is 4. The fourth-order valence-electron chi connectivity index (χ4n) is 3.02. The lowest BCUT2D eigenvalue weighted by Crippen LogP contribution is -2.52. The van der Waals surface area contributed by atoms with E-state index in [2.05, 4.69) is 10.6 Å². The number of nitrogens with one attached hydrogen (secondary N) is 2. The van der Waals surface area contributed by atoms with E-state index in [9.17, 15) is 29.4 Å². The van der Waals surface area contributed by atoms with Crippen molar-refractivity contribution in [3.05, 3.63) is 29.8 Å². The van der Waals surface area contributed by atoms with Crippen LogP contribution in [-0.4, -0.2) is 76.9 Å². The van der Waals surface area contributed by atoms with Crippen LogP contribution >= 0.6 is 0 Å². The third-order valence-corrected chi connectivity index (χ3v) is 4.43. The number of alkyl carbamates (subject to hydrolysis) is 1. The molecule has 1 aromatic carbocycles. The molecular weight excluding hydrogens is 446 g/mol. The van der Waals surface area contributed by atoms with E-state index in [1.165, 1.54) is 31.2 Å². The number of aliphatic hydroxyl groups excluding tert-OH is 1. The molecule has 0 fully saturated rings. The van der Waals surface area contributed by atoms with Crippen molar-refractivity contribution in [1.29, 1.82) is 0 Å². The van der Waals surface area contributed by atoms with Crippen molar-refractivity contribution < 1.29 is 38.9 Å². The van der Waals surface area contributed by atoms with Crippen LogP contribution in [0.5, 0.6) is 5.75 Å². The molecule has 0 heterocycles. The van der Waals surface area contributed by atoms with Gasteiger partial charge in [-0.25, -0.2) is 4.79 Å². The maximum atomic E-state index is 13.2. The number of aliphatic hydroxyl groups is 1. The summed E-state index contributed by atoms with van der Waals surface area (Å²) in [5, 5.41) is 24.3. The standard InChI is InChI=1S/C23H35N3O8/c1-6-33-18(29)11-12-24-20(30)19(16-7-9-17(28)10-8-16)26(13-14-27)21(31)15(2)25-22(32)34-23(3,4)5/h7-10,15,19,27-28H,6,11-14H2,1-5H3,(H,24,30)(H,25,32). The highest BCUT2D eigenvalue weighted by Gasteiger charge is 2.34. The van der Waals surface area contributed by atoms with E-state index in [0.29, 0.717) is 5.56 Å². The van der Waals surface area contributed by atoms with Crippen LogP contribution in [0.25, 0.3) is 0 Å². The van der Waals surface area contributed by atoms with E-state index in [1.807, 2.05) is 0 Å². The maximum absolute atomic E-state index is 13.2. The molecule has 0 radical (unpaired) electrons. The molecule has 0 aromatic heterocycles. The normalized spacial score (nSPS) is 12.8. The highest BCUT2D eigenvalue weighted by Crippen LogP contribution is 2.24. The molecule has 2 unspecified atom stereocenters. The molecule has 190 valence electrons. The maximum Gasteiger partial charge on any atom is 0.408 e. The molecule has 0 bridgehead atoms. The summed E-state index contributed by atoms with van der Waals surface area (Å²) in [6.07, 6.45) is -0.871. The van der Waals surface area contributed by atoms with Crippen molar-refractivity contribution in [2.24, 2.45) is 0 Å². The predicted octanol–water partition coefficient (Wildman–Crippen LogP) is 1.24. The van der Waals surface area contributed by atoms with Gasteiger partial charge < -0.3 is 35.2 Å². The predicted molar refractivity (Wildman–Crippen MR) is 123 cm³/mol. The molecule has 0 aliphatic heterocycles. The lowest BCUT2D eigenvalue weighted by atomic mass is 10.0. The number of phenolic OH excluding ortho intramolecular Hbond substituents is 1. The number of benzene rings is 1. The zero-order valence-electron chi connectivity index (χ0n) is 20.3. The number of aromatic hydroxyl groups is 1. The fraction of sp³-hybridized carbons (Fsp3) is 0.565. The summed E-state index contributed by atoms with van der Waals surface area (Å²) in [5.74, 6) is -1.77. The summed E-state index contributed by atoms with van der Waals surface area (Å²) in [4.78, 5) is 51.2. The molecule has 0 spiro atoms. The van der Waals surface area contributed by atoms with Gasteiger partial charge in [-0.05, 0) is 52.3 Å². The minimum Gasteiger partial charge on any atom is -0.508 e. The zero-order chi connectivity index (χ0) is 25.9. The van der Waals surface area contributed by atoms with Gasteiger partial charge in [-0.15, -0.1) is 0 Å². The zero-order valence-corrected chi connectivity index (χ0v) is 20.3. The lowest BCUT2D eigenvalue weighted by molar-refractivity contribution is -0.144. The van der Waals surface area contributed by atoms with Gasteiger partial charge >= 0.3 is 12.1 Å². The summed E-state index contributed by atoms with van der Waals surface area (Å²) in [5.41, 5.74) is -0.414. The Morgan fingerprint density at radius 2 is 1.74 bits per heavy atom. The van der Waals surface area contributed by atoms with Crippen LogP contribution in [0.4, 0.5) is 4.79 Å². The molecule has 1 aromatic rings. The lowest BCUT2D eigenvalue weighted by Gasteiger charge is -2.33. The summed E-state index contributed by atoms with van der Waals surface area (Å²) in [7, 11) is 0. The number of ether oxygens (including phenoxy) is 2. The van der Waals surface area contributed by atoms with Crippen molar-refractivity contribution in [1.82, 2.24) is 15.5 Å². The molecule has 0 aliphatic carbocycles. The molecule has 0 saturated heterocycles. The Morgan fingerprint density at radius 3 is 2.26 bits per heavy atom. The number of rotatable bonds is 11. The van der Waals surface area contributed by atoms with Crippen molar-refractivity contribution >= 4 is 23.9 Å². The van der Waals surface area contributed by atoms with Gasteiger partial charge in [-0.2, -0.15) is 0 Å². The molecule has 11 heteroatoms. The molecular formula is C23H35N3O8. The second-order valence-corrected chi connectivity index (χ2v) is 8.46. The molecule has 4 N–H and O–H groups in total. The summed E-state index contributed by atoms with van der Waals surface area (Å²) < 4.78 is 10.0. The third kappa shape index (κ3) is 9.65. The monoisotopic (exact) mass is 481 g/mol. The van der Waals surface area contributed by atoms with E-state index in [0.717, 1.165) is 4.90 Å². The highest BCUT2D eigenvalue weighted by molar-refractivity contribution is 5.92. The molecule has 0 saturated carbocycles. The fourth-order valence-corrected chi connectivity index (χ4v) is 3.02. The molecule has 11 nitrogen and oxygen atoms in total. The summed E-state index contributed by atoms with van der Waals surface area (Å²) in [6.45, 7) is 7.66. The van der Waals surface area contributed by atoms with E-state index in [-0.39, 0.29) is 31.9 Å². The van der Waals surface area contributed by atoms with Gasteiger partial charge in [-0.1, -0.05) is 12.1 Å². The second-order valence-electron chi connectivity index (χ2n) is 8.46. The van der Waals surface area contributed by atoms with Crippen LogP contribution in [0, 0.1) is 0 Å². The summed E-state index contributed by atoms with van der Waals surface area (Å²) in [6, 6.07) is 3.37. The van der Waals surface area contributed by atoms with Crippen molar-refractivity contribution in [2.75, 3.05) is 26.3 Å². The first-order valence-electron chi connectivity index (χ1n) is 11.0. The van der Waals surface area contributed by atoms with Gasteiger partial charge in [0.2, 0.25) is 11.8 Å². The van der Waals surface area contributed by atoms with Crippen LogP contribution < -0.4 is 10.6 Å². The van der Waals surface area contributed by atoms with Crippen LogP contribution in [0.15, 0.2) is 24.3 Å². The average molecular weight is 482 g/mol. The van der Waals surface area contributed by atoms with Gasteiger partial charge in [0.15, 0.2) is 0 Å². The number of nitrogens with zero attached hydrogens (tertiary/aromatic N) is 1. The molecule has 3 amide bonds. The van der Waals surface area contributed by atoms with E-state index in [4.69, 9.17) is 9.47 Å². The molecule has 34 heavy (non-hydrogen) atoms. The quantitative estimate of drug-likeness (QED) is 0.344. The molecule has 0 aliphatic rings. The Morgan fingerprint density at radius 1 is 1.12 bits per heavy atom. The first-order valence-corrected chi connectivity index (χ1v) is 11.0. The van der Waals surface area contributed by atoms with Gasteiger partial charge in [0.1, 0.15) is 23.4 Å². The van der Waals surface area contributed by atoms with Crippen LogP contribution in [0.1, 0.15) is 52.6 Å². The number of amides is 3. The van der Waals surface area contributed by atoms with Crippen molar-refractivity contribution in [3.63, 3.8) is 0 Å². The second kappa shape index (κ2) is 13.4. The number of hydrogen-bond donors (Lipinski definition) is 4. The first-order chi connectivity index (χ1) is 15.9. The topological polar surface area (TPSA) is 154 Å². The number of carbonyl (C=O) groups is 4. The van der Waals surface area contributed by atoms with E-state index >= 15 is 0 Å². The number of hydrogen-bond acceptors (Lipinski definition) is 8. The number of esters is 1. The Bertz CT molecular complexity index is 836. The minimum absolute atomic E-state index is 0.0287. The smallest absolute Gasteiger partial charge is 0.408 e. The Labute approximate surface area is 199 Å². The largest absolute Gasteiger partial charge is 0.508 e. The summed E-state index contributed by atoms with van der Waals surface area (Å²) >= 11 is 0. The van der Waals surface area contributed by atoms with E-state index in [1.54, 1.807) is 27.7 Å². The highest BCUT2D eigenvalue weighted by atomic mass is 16.6. The third-order valence-electron chi connectivity index (χ3n) is 4.43. The molecule has 2 atom stereocenters. The van der Waals surface area contributed by atoms with Gasteiger partial charge in [-0.3, -0.25) is 14.4 Å². The average Bonchev–Trinajstić information content (AvgIpc) is 2.73. The Hall–Kier alpha value is -3.34. The number of phenols is 1. The van der Waals surface area contributed by atoms with Gasteiger partial charge in [0, 0.05) is 13.1 Å². The molecule has 1 rings (SSSR count). The minimum atomic E-state index is -1.20. The van der Waals surface area contributed by atoms with Gasteiger partial charge in [0.05, 0.1) is 19.6 Å². The Kier molecular flexibility index (Phi) is 11.3. The van der Waals surface area contributed by atoms with Crippen LogP contribution in [0.3, 0.4) is 0 Å². The van der Waals surface area contributed by atoms with Crippen LogP contribution in [-0.2, 0) is 23.9 Å².